The molecule has 0 aliphatic carbocycles. The SMILES string of the molecule is COc1ccc(-c2nc(NC(=O)C[C@@H]3NC(=O)c4ccccc4NC3=O)n[nH]2)cc1. The number of hydrogen-bond acceptors (Lipinski definition) is 6. The summed E-state index contributed by atoms with van der Waals surface area (Å²) in [5.74, 6) is -0.184. The van der Waals surface area contributed by atoms with E-state index in [-0.39, 0.29) is 12.4 Å². The van der Waals surface area contributed by atoms with Crippen LogP contribution in [0.3, 0.4) is 0 Å². The lowest BCUT2D eigenvalue weighted by molar-refractivity contribution is -0.122. The van der Waals surface area contributed by atoms with Gasteiger partial charge in [-0.3, -0.25) is 24.8 Å². The number of para-hydroxylation sites is 1. The van der Waals surface area contributed by atoms with Crippen molar-refractivity contribution >= 4 is 29.4 Å². The molecule has 0 spiro atoms. The van der Waals surface area contributed by atoms with E-state index >= 15 is 0 Å². The van der Waals surface area contributed by atoms with E-state index in [0.29, 0.717) is 22.8 Å². The number of ether oxygens (including phenoxy) is 1. The summed E-state index contributed by atoms with van der Waals surface area (Å²) in [5, 5.41) is 14.5. The number of rotatable bonds is 5. The predicted molar refractivity (Wildman–Crippen MR) is 108 cm³/mol. The molecule has 0 saturated carbocycles. The molecule has 4 rings (SSSR count). The third-order valence-electron chi connectivity index (χ3n) is 4.54. The van der Waals surface area contributed by atoms with Crippen LogP contribution < -0.4 is 20.7 Å². The maximum Gasteiger partial charge on any atom is 0.254 e. The summed E-state index contributed by atoms with van der Waals surface area (Å²) in [7, 11) is 1.58. The van der Waals surface area contributed by atoms with E-state index in [2.05, 4.69) is 31.1 Å². The van der Waals surface area contributed by atoms with Crippen LogP contribution in [0.25, 0.3) is 11.4 Å². The molecule has 10 heteroatoms. The number of nitrogens with zero attached hydrogens (tertiary/aromatic N) is 2. The molecule has 2 heterocycles. The molecule has 10 nitrogen and oxygen atoms in total. The van der Waals surface area contributed by atoms with Gasteiger partial charge in [-0.1, -0.05) is 12.1 Å². The summed E-state index contributed by atoms with van der Waals surface area (Å²) < 4.78 is 5.12. The second kappa shape index (κ2) is 8.03. The van der Waals surface area contributed by atoms with Crippen LogP contribution in [0.1, 0.15) is 16.8 Å². The number of anilines is 2. The van der Waals surface area contributed by atoms with Gasteiger partial charge in [-0.25, -0.2) is 0 Å². The lowest BCUT2D eigenvalue weighted by Gasteiger charge is -2.13. The lowest BCUT2D eigenvalue weighted by atomic mass is 10.1. The molecule has 4 N–H and O–H groups in total. The van der Waals surface area contributed by atoms with Gasteiger partial charge in [-0.2, -0.15) is 4.98 Å². The molecule has 0 radical (unpaired) electrons. The topological polar surface area (TPSA) is 138 Å². The van der Waals surface area contributed by atoms with Crippen molar-refractivity contribution in [1.82, 2.24) is 20.5 Å². The number of amides is 3. The number of H-pyrrole nitrogens is 1. The highest BCUT2D eigenvalue weighted by molar-refractivity contribution is 6.11. The Balaban J connectivity index is 1.41. The summed E-state index contributed by atoms with van der Waals surface area (Å²) in [6, 6.07) is 12.8. The number of aromatic nitrogens is 3. The Bertz CT molecular complexity index is 1110. The van der Waals surface area contributed by atoms with Crippen molar-refractivity contribution in [1.29, 1.82) is 0 Å². The van der Waals surface area contributed by atoms with E-state index in [9.17, 15) is 14.4 Å². The zero-order valence-corrected chi connectivity index (χ0v) is 15.9. The number of carbonyl (C=O) groups is 3. The Morgan fingerprint density at radius 2 is 1.90 bits per heavy atom. The largest absolute Gasteiger partial charge is 0.497 e. The number of aromatic amines is 1. The Labute approximate surface area is 171 Å². The van der Waals surface area contributed by atoms with E-state index in [0.717, 1.165) is 5.56 Å². The summed E-state index contributed by atoms with van der Waals surface area (Å²) in [5.41, 5.74) is 1.50. The average Bonchev–Trinajstić information content (AvgIpc) is 3.17. The van der Waals surface area contributed by atoms with Crippen molar-refractivity contribution < 1.29 is 19.1 Å². The molecule has 152 valence electrons. The van der Waals surface area contributed by atoms with Crippen molar-refractivity contribution in [2.75, 3.05) is 17.7 Å². The summed E-state index contributed by atoms with van der Waals surface area (Å²) in [6.07, 6.45) is -0.266. The molecule has 1 aromatic heterocycles. The summed E-state index contributed by atoms with van der Waals surface area (Å²) in [6.45, 7) is 0. The van der Waals surface area contributed by atoms with Crippen LogP contribution in [0.5, 0.6) is 5.75 Å². The molecule has 3 amide bonds. The van der Waals surface area contributed by atoms with Gasteiger partial charge in [0.2, 0.25) is 17.8 Å². The van der Waals surface area contributed by atoms with Gasteiger partial charge < -0.3 is 15.4 Å². The van der Waals surface area contributed by atoms with Crippen LogP contribution in [0.4, 0.5) is 11.6 Å². The van der Waals surface area contributed by atoms with Crippen molar-refractivity contribution in [2.45, 2.75) is 12.5 Å². The number of carbonyl (C=O) groups excluding carboxylic acids is 3. The van der Waals surface area contributed by atoms with Crippen LogP contribution in [0.15, 0.2) is 48.5 Å². The molecule has 0 fully saturated rings. The Morgan fingerprint density at radius 3 is 2.67 bits per heavy atom. The zero-order valence-electron chi connectivity index (χ0n) is 15.9. The van der Waals surface area contributed by atoms with E-state index in [4.69, 9.17) is 4.74 Å². The first-order valence-electron chi connectivity index (χ1n) is 9.11. The summed E-state index contributed by atoms with van der Waals surface area (Å²) >= 11 is 0. The van der Waals surface area contributed by atoms with Gasteiger partial charge in [0, 0.05) is 5.56 Å². The second-order valence-corrected chi connectivity index (χ2v) is 6.55. The van der Waals surface area contributed by atoms with Gasteiger partial charge in [0.1, 0.15) is 11.8 Å². The number of hydrogen-bond donors (Lipinski definition) is 4. The van der Waals surface area contributed by atoms with Gasteiger partial charge in [0.25, 0.3) is 5.91 Å². The fraction of sp³-hybridized carbons (Fsp3) is 0.150. The van der Waals surface area contributed by atoms with E-state index in [1.165, 1.54) is 0 Å². The van der Waals surface area contributed by atoms with E-state index in [1.54, 1.807) is 55.6 Å². The van der Waals surface area contributed by atoms with E-state index < -0.39 is 23.8 Å². The molecule has 0 unspecified atom stereocenters. The first-order chi connectivity index (χ1) is 14.5. The normalized spacial score (nSPS) is 15.4. The van der Waals surface area contributed by atoms with Crippen molar-refractivity contribution in [3.63, 3.8) is 0 Å². The molecule has 1 atom stereocenters. The first-order valence-corrected chi connectivity index (χ1v) is 9.11. The van der Waals surface area contributed by atoms with Gasteiger partial charge in [0.05, 0.1) is 24.8 Å². The van der Waals surface area contributed by atoms with Crippen molar-refractivity contribution in [3.05, 3.63) is 54.1 Å². The fourth-order valence-electron chi connectivity index (χ4n) is 3.01. The Kier molecular flexibility index (Phi) is 5.12. The molecular weight excluding hydrogens is 388 g/mol. The highest BCUT2D eigenvalue weighted by Gasteiger charge is 2.29. The van der Waals surface area contributed by atoms with Crippen LogP contribution in [-0.2, 0) is 9.59 Å². The highest BCUT2D eigenvalue weighted by atomic mass is 16.5. The number of benzene rings is 2. The average molecular weight is 406 g/mol. The van der Waals surface area contributed by atoms with Crippen molar-refractivity contribution in [3.8, 4) is 17.1 Å². The minimum absolute atomic E-state index is 0.0643. The molecule has 30 heavy (non-hydrogen) atoms. The quantitative estimate of drug-likeness (QED) is 0.507. The zero-order chi connectivity index (χ0) is 21.1. The Hall–Kier alpha value is -4.21. The van der Waals surface area contributed by atoms with Gasteiger partial charge in [-0.15, -0.1) is 5.10 Å². The number of methoxy groups -OCH3 is 1. The second-order valence-electron chi connectivity index (χ2n) is 6.55. The predicted octanol–water partition coefficient (Wildman–Crippen LogP) is 1.56. The van der Waals surface area contributed by atoms with Gasteiger partial charge in [-0.05, 0) is 36.4 Å². The minimum atomic E-state index is -1.02. The maximum absolute atomic E-state index is 12.4. The lowest BCUT2D eigenvalue weighted by Crippen LogP contribution is -2.43. The monoisotopic (exact) mass is 406 g/mol. The van der Waals surface area contributed by atoms with Crippen LogP contribution in [-0.4, -0.2) is 46.1 Å². The fourth-order valence-corrected chi connectivity index (χ4v) is 3.01. The molecule has 0 saturated heterocycles. The molecule has 1 aliphatic heterocycles. The molecule has 2 aromatic carbocycles. The van der Waals surface area contributed by atoms with Gasteiger partial charge >= 0.3 is 0 Å². The molecular formula is C20H18N6O4. The molecule has 1 aliphatic rings. The summed E-state index contributed by atoms with van der Waals surface area (Å²) in [4.78, 5) is 41.4. The number of fused-ring (bicyclic) bond motifs is 1. The van der Waals surface area contributed by atoms with Crippen LogP contribution in [0, 0.1) is 0 Å². The smallest absolute Gasteiger partial charge is 0.254 e. The highest BCUT2D eigenvalue weighted by Crippen LogP contribution is 2.21. The van der Waals surface area contributed by atoms with Crippen LogP contribution in [0.2, 0.25) is 0 Å². The Morgan fingerprint density at radius 1 is 1.13 bits per heavy atom. The van der Waals surface area contributed by atoms with Crippen molar-refractivity contribution in [2.24, 2.45) is 0 Å². The van der Waals surface area contributed by atoms with Crippen LogP contribution >= 0.6 is 0 Å². The third kappa shape index (κ3) is 3.97. The maximum atomic E-state index is 12.4. The third-order valence-corrected chi connectivity index (χ3v) is 4.54. The molecule has 0 bridgehead atoms. The standard InChI is InChI=1S/C20H18N6O4/c1-30-12-8-6-11(7-9-12)17-24-20(26-25-17)23-16(27)10-15-19(29)21-14-5-3-2-4-13(14)18(28)22-15/h2-9,15H,10H2,1H3,(H,21,29)(H,22,28)(H2,23,24,25,26,27)/t15-/m0/s1. The van der Waals surface area contributed by atoms with E-state index in [1.807, 2.05) is 0 Å². The minimum Gasteiger partial charge on any atom is -0.497 e. The number of nitrogens with one attached hydrogen (secondary N) is 4. The van der Waals surface area contributed by atoms with Gasteiger partial charge in [0.15, 0.2) is 5.82 Å². The first kappa shape index (κ1) is 19.1. The molecule has 3 aromatic rings.